The van der Waals surface area contributed by atoms with Crippen LogP contribution in [-0.2, 0) is 14.8 Å². The van der Waals surface area contributed by atoms with Gasteiger partial charge in [-0.3, -0.25) is 4.79 Å². The maximum absolute atomic E-state index is 11.9. The molecule has 0 aliphatic carbocycles. The van der Waals surface area contributed by atoms with E-state index in [1.54, 1.807) is 12.1 Å². The first-order valence-electron chi connectivity index (χ1n) is 7.03. The molecule has 126 valence electrons. The highest BCUT2D eigenvalue weighted by molar-refractivity contribution is 7.89. The molecule has 6 nitrogen and oxygen atoms in total. The third kappa shape index (κ3) is 7.22. The quantitative estimate of drug-likeness (QED) is 0.592. The van der Waals surface area contributed by atoms with Crippen LogP contribution in [0, 0.1) is 0 Å². The summed E-state index contributed by atoms with van der Waals surface area (Å²) in [6, 6.07) is 6.16. The highest BCUT2D eigenvalue weighted by Crippen LogP contribution is 2.14. The number of anilines is 1. The lowest BCUT2D eigenvalue weighted by Gasteiger charge is -2.08. The minimum absolute atomic E-state index is 0. The van der Waals surface area contributed by atoms with Crippen molar-refractivity contribution in [2.75, 3.05) is 25.5 Å². The van der Waals surface area contributed by atoms with E-state index in [1.165, 1.54) is 12.1 Å². The Morgan fingerprint density at radius 3 is 2.32 bits per heavy atom. The Bertz CT molecular complexity index is 547. The number of nitrogens with one attached hydrogen (secondary N) is 3. The smallest absolute Gasteiger partial charge is 0.240 e. The largest absolute Gasteiger partial charge is 0.326 e. The maximum Gasteiger partial charge on any atom is 0.240 e. The summed E-state index contributed by atoms with van der Waals surface area (Å²) in [5.41, 5.74) is 0.596. The first-order chi connectivity index (χ1) is 9.99. The lowest BCUT2D eigenvalue weighted by atomic mass is 10.2. The van der Waals surface area contributed by atoms with E-state index in [-0.39, 0.29) is 23.2 Å². The molecule has 3 N–H and O–H groups in total. The van der Waals surface area contributed by atoms with E-state index in [2.05, 4.69) is 15.4 Å². The molecule has 1 amide bonds. The van der Waals surface area contributed by atoms with Gasteiger partial charge >= 0.3 is 0 Å². The number of halogens is 1. The molecular weight excluding hydrogens is 326 g/mol. The number of rotatable bonds is 9. The molecule has 0 fully saturated rings. The Balaban J connectivity index is 0.00000441. The second-order valence-corrected chi connectivity index (χ2v) is 6.44. The Kier molecular flexibility index (Phi) is 10.0. The van der Waals surface area contributed by atoms with Crippen molar-refractivity contribution >= 4 is 34.0 Å². The molecule has 0 aliphatic heterocycles. The number of carbonyl (C=O) groups is 1. The van der Waals surface area contributed by atoms with Crippen molar-refractivity contribution in [3.05, 3.63) is 24.3 Å². The van der Waals surface area contributed by atoms with Gasteiger partial charge < -0.3 is 10.6 Å². The normalized spacial score (nSPS) is 10.8. The minimum atomic E-state index is -3.46. The van der Waals surface area contributed by atoms with Crippen LogP contribution in [0.15, 0.2) is 29.2 Å². The highest BCUT2D eigenvalue weighted by Gasteiger charge is 2.12. The fraction of sp³-hybridized carbons (Fsp3) is 0.500. The fourth-order valence-corrected chi connectivity index (χ4v) is 2.82. The number of carbonyl (C=O) groups excluding carboxylic acids is 1. The van der Waals surface area contributed by atoms with E-state index in [4.69, 9.17) is 0 Å². The van der Waals surface area contributed by atoms with E-state index in [9.17, 15) is 13.2 Å². The van der Waals surface area contributed by atoms with Gasteiger partial charge in [0.25, 0.3) is 0 Å². The van der Waals surface area contributed by atoms with Crippen LogP contribution in [0.25, 0.3) is 0 Å². The summed E-state index contributed by atoms with van der Waals surface area (Å²) in [5, 5.41) is 5.71. The predicted octanol–water partition coefficient (Wildman–Crippen LogP) is 1.73. The highest BCUT2D eigenvalue weighted by atomic mass is 35.5. The fourth-order valence-electron chi connectivity index (χ4n) is 1.69. The molecule has 0 aromatic heterocycles. The molecule has 0 heterocycles. The predicted molar refractivity (Wildman–Crippen MR) is 91.0 cm³/mol. The Labute approximate surface area is 138 Å². The second kappa shape index (κ2) is 10.6. The molecule has 8 heteroatoms. The van der Waals surface area contributed by atoms with Crippen molar-refractivity contribution in [2.24, 2.45) is 0 Å². The van der Waals surface area contributed by atoms with Crippen molar-refractivity contribution in [3.63, 3.8) is 0 Å². The van der Waals surface area contributed by atoms with Crippen LogP contribution in [0.1, 0.15) is 26.2 Å². The molecule has 22 heavy (non-hydrogen) atoms. The molecule has 0 bridgehead atoms. The van der Waals surface area contributed by atoms with Crippen LogP contribution in [0.4, 0.5) is 5.69 Å². The van der Waals surface area contributed by atoms with Crippen molar-refractivity contribution < 1.29 is 13.2 Å². The Morgan fingerprint density at radius 1 is 1.14 bits per heavy atom. The van der Waals surface area contributed by atoms with Crippen molar-refractivity contribution in [2.45, 2.75) is 31.1 Å². The number of benzene rings is 1. The van der Waals surface area contributed by atoms with Crippen LogP contribution < -0.4 is 15.4 Å². The van der Waals surface area contributed by atoms with E-state index in [0.29, 0.717) is 18.7 Å². The standard InChI is InChI=1S/C14H23N3O3S.ClH/c1-3-10-16-21(19,20)13-8-6-12(7-9-13)17-14(18)5-4-11-15-2;/h6-9,15-16H,3-5,10-11H2,1-2H3,(H,17,18);1H. The van der Waals surface area contributed by atoms with Gasteiger partial charge in [0.1, 0.15) is 0 Å². The zero-order chi connectivity index (χ0) is 15.7. The lowest BCUT2D eigenvalue weighted by molar-refractivity contribution is -0.116. The van der Waals surface area contributed by atoms with Gasteiger partial charge in [0.2, 0.25) is 15.9 Å². The van der Waals surface area contributed by atoms with Crippen molar-refractivity contribution in [1.29, 1.82) is 0 Å². The summed E-state index contributed by atoms with van der Waals surface area (Å²) >= 11 is 0. The van der Waals surface area contributed by atoms with Crippen molar-refractivity contribution in [3.8, 4) is 0 Å². The van der Waals surface area contributed by atoms with E-state index in [0.717, 1.165) is 19.4 Å². The number of hydrogen-bond donors (Lipinski definition) is 3. The average Bonchev–Trinajstić information content (AvgIpc) is 2.46. The molecule has 1 aromatic rings. The summed E-state index contributed by atoms with van der Waals surface area (Å²) < 4.78 is 26.3. The lowest BCUT2D eigenvalue weighted by Crippen LogP contribution is -2.24. The molecule has 0 saturated heterocycles. The van der Waals surface area contributed by atoms with E-state index < -0.39 is 10.0 Å². The molecule has 0 aliphatic rings. The Hall–Kier alpha value is -1.15. The van der Waals surface area contributed by atoms with Gasteiger partial charge in [-0.2, -0.15) is 0 Å². The van der Waals surface area contributed by atoms with Crippen LogP contribution in [0.2, 0.25) is 0 Å². The molecule has 0 saturated carbocycles. The van der Waals surface area contributed by atoms with E-state index in [1.807, 2.05) is 14.0 Å². The van der Waals surface area contributed by atoms with Crippen LogP contribution in [0.5, 0.6) is 0 Å². The molecule has 0 unspecified atom stereocenters. The van der Waals surface area contributed by atoms with Crippen LogP contribution >= 0.6 is 12.4 Å². The number of hydrogen-bond acceptors (Lipinski definition) is 4. The first-order valence-corrected chi connectivity index (χ1v) is 8.52. The molecule has 1 rings (SSSR count). The molecule has 1 aromatic carbocycles. The summed E-state index contributed by atoms with van der Waals surface area (Å²) in [6.45, 7) is 3.09. The maximum atomic E-state index is 11.9. The topological polar surface area (TPSA) is 87.3 Å². The van der Waals surface area contributed by atoms with Gasteiger partial charge in [-0.1, -0.05) is 6.92 Å². The molecular formula is C14H24ClN3O3S. The van der Waals surface area contributed by atoms with Gasteiger partial charge in [-0.15, -0.1) is 12.4 Å². The SMILES string of the molecule is CCCNS(=O)(=O)c1ccc(NC(=O)CCCNC)cc1.Cl. The number of amides is 1. The molecule has 0 radical (unpaired) electrons. The van der Waals surface area contributed by atoms with E-state index >= 15 is 0 Å². The summed E-state index contributed by atoms with van der Waals surface area (Å²) in [7, 11) is -1.62. The molecule has 0 spiro atoms. The summed E-state index contributed by atoms with van der Waals surface area (Å²) in [4.78, 5) is 11.8. The summed E-state index contributed by atoms with van der Waals surface area (Å²) in [5.74, 6) is -0.0787. The van der Waals surface area contributed by atoms with Crippen molar-refractivity contribution in [1.82, 2.24) is 10.0 Å². The Morgan fingerprint density at radius 2 is 1.77 bits per heavy atom. The molecule has 0 atom stereocenters. The van der Waals surface area contributed by atoms with Gasteiger partial charge in [-0.05, 0) is 50.7 Å². The number of sulfonamides is 1. The summed E-state index contributed by atoms with van der Waals surface area (Å²) in [6.07, 6.45) is 1.93. The monoisotopic (exact) mass is 349 g/mol. The van der Waals surface area contributed by atoms with Crippen LogP contribution in [-0.4, -0.2) is 34.5 Å². The first kappa shape index (κ1) is 20.9. The second-order valence-electron chi connectivity index (χ2n) is 4.68. The van der Waals surface area contributed by atoms with Crippen LogP contribution in [0.3, 0.4) is 0 Å². The third-order valence-electron chi connectivity index (χ3n) is 2.82. The average molecular weight is 350 g/mol. The zero-order valence-corrected chi connectivity index (χ0v) is 14.5. The minimum Gasteiger partial charge on any atom is -0.326 e. The van der Waals surface area contributed by atoms with Gasteiger partial charge in [0.15, 0.2) is 0 Å². The third-order valence-corrected chi connectivity index (χ3v) is 4.30. The van der Waals surface area contributed by atoms with Gasteiger partial charge in [-0.25, -0.2) is 13.1 Å². The van der Waals surface area contributed by atoms with Gasteiger partial charge in [0, 0.05) is 18.7 Å². The zero-order valence-electron chi connectivity index (χ0n) is 12.9. The van der Waals surface area contributed by atoms with Gasteiger partial charge in [0.05, 0.1) is 4.90 Å².